The van der Waals surface area contributed by atoms with E-state index < -0.39 is 41.7 Å². The topological polar surface area (TPSA) is 46.5 Å². The number of rotatable bonds is 3. The molecule has 0 unspecified atom stereocenters. The Balaban J connectivity index is 2.98. The van der Waals surface area contributed by atoms with Gasteiger partial charge in [-0.05, 0) is 12.1 Å². The number of ether oxygens (including phenoxy) is 1. The molecule has 0 aliphatic heterocycles. The molecule has 0 aliphatic rings. The Morgan fingerprint density at radius 2 is 1.71 bits per heavy atom. The SMILES string of the molecule is O=C(O)c1cc(F)c(OCC(F)(F)F)c(F)c1. The van der Waals surface area contributed by atoms with Gasteiger partial charge in [-0.15, -0.1) is 0 Å². The van der Waals surface area contributed by atoms with E-state index in [1.165, 1.54) is 0 Å². The molecule has 0 aliphatic carbocycles. The minimum Gasteiger partial charge on any atom is -0.478 e. The lowest BCUT2D eigenvalue weighted by Gasteiger charge is -2.10. The molecule has 0 bridgehead atoms. The molecule has 1 rings (SSSR count). The molecule has 3 nitrogen and oxygen atoms in total. The summed E-state index contributed by atoms with van der Waals surface area (Å²) in [5.74, 6) is -5.88. The maximum Gasteiger partial charge on any atom is 0.422 e. The molecule has 8 heteroatoms. The molecule has 0 spiro atoms. The van der Waals surface area contributed by atoms with Crippen molar-refractivity contribution in [2.45, 2.75) is 6.18 Å². The van der Waals surface area contributed by atoms with Crippen LogP contribution in [-0.4, -0.2) is 23.9 Å². The van der Waals surface area contributed by atoms with Crippen molar-refractivity contribution < 1.29 is 36.6 Å². The van der Waals surface area contributed by atoms with Gasteiger partial charge in [-0.2, -0.15) is 13.2 Å². The van der Waals surface area contributed by atoms with Crippen LogP contribution in [0.25, 0.3) is 0 Å². The van der Waals surface area contributed by atoms with E-state index in [9.17, 15) is 26.7 Å². The molecule has 0 saturated carbocycles. The molecule has 0 radical (unpaired) electrons. The van der Waals surface area contributed by atoms with E-state index in [-0.39, 0.29) is 0 Å². The summed E-state index contributed by atoms with van der Waals surface area (Å²) in [6.07, 6.45) is -4.75. The lowest BCUT2D eigenvalue weighted by atomic mass is 10.2. The maximum atomic E-state index is 13.1. The van der Waals surface area contributed by atoms with Crippen molar-refractivity contribution in [1.82, 2.24) is 0 Å². The Morgan fingerprint density at radius 1 is 1.24 bits per heavy atom. The third-order valence-corrected chi connectivity index (χ3v) is 1.63. The van der Waals surface area contributed by atoms with Gasteiger partial charge in [0.2, 0.25) is 0 Å². The van der Waals surface area contributed by atoms with Crippen molar-refractivity contribution in [1.29, 1.82) is 0 Å². The third kappa shape index (κ3) is 3.58. The molecule has 0 aromatic heterocycles. The Bertz CT molecular complexity index is 418. The highest BCUT2D eigenvalue weighted by Gasteiger charge is 2.30. The highest BCUT2D eigenvalue weighted by atomic mass is 19.4. The van der Waals surface area contributed by atoms with Gasteiger partial charge in [-0.1, -0.05) is 0 Å². The van der Waals surface area contributed by atoms with Crippen molar-refractivity contribution >= 4 is 5.97 Å². The van der Waals surface area contributed by atoms with Crippen molar-refractivity contribution in [3.8, 4) is 5.75 Å². The summed E-state index contributed by atoms with van der Waals surface area (Å²) in [6, 6.07) is 0.744. The average molecular weight is 256 g/mol. The second-order valence-electron chi connectivity index (χ2n) is 2.98. The maximum absolute atomic E-state index is 13.1. The number of carboxylic acid groups (broad SMARTS) is 1. The smallest absolute Gasteiger partial charge is 0.422 e. The molecule has 0 saturated heterocycles. The predicted molar refractivity (Wildman–Crippen MR) is 44.9 cm³/mol. The number of hydrogen-bond donors (Lipinski definition) is 1. The van der Waals surface area contributed by atoms with Gasteiger partial charge in [-0.25, -0.2) is 13.6 Å². The first-order valence-electron chi connectivity index (χ1n) is 4.12. The van der Waals surface area contributed by atoms with E-state index in [1.807, 2.05) is 0 Å². The highest BCUT2D eigenvalue weighted by molar-refractivity contribution is 5.87. The number of aromatic carboxylic acids is 1. The quantitative estimate of drug-likeness (QED) is 0.845. The second kappa shape index (κ2) is 4.56. The fourth-order valence-electron chi connectivity index (χ4n) is 0.975. The van der Waals surface area contributed by atoms with E-state index in [1.54, 1.807) is 0 Å². The van der Waals surface area contributed by atoms with Gasteiger partial charge in [0.05, 0.1) is 5.56 Å². The highest BCUT2D eigenvalue weighted by Crippen LogP contribution is 2.25. The predicted octanol–water partition coefficient (Wildman–Crippen LogP) is 2.60. The Kier molecular flexibility index (Phi) is 3.54. The second-order valence-corrected chi connectivity index (χ2v) is 2.98. The van der Waals surface area contributed by atoms with Crippen LogP contribution >= 0.6 is 0 Å². The molecule has 0 fully saturated rings. The first kappa shape index (κ1) is 13.2. The average Bonchev–Trinajstić information content (AvgIpc) is 2.14. The van der Waals surface area contributed by atoms with Crippen LogP contribution in [0.15, 0.2) is 12.1 Å². The van der Waals surface area contributed by atoms with Gasteiger partial charge in [0.1, 0.15) is 0 Å². The molecular weight excluding hydrogens is 251 g/mol. The van der Waals surface area contributed by atoms with E-state index in [4.69, 9.17) is 5.11 Å². The number of carbonyl (C=O) groups is 1. The van der Waals surface area contributed by atoms with Crippen molar-refractivity contribution in [3.63, 3.8) is 0 Å². The lowest BCUT2D eigenvalue weighted by Crippen LogP contribution is -2.20. The number of carboxylic acids is 1. The molecule has 0 atom stereocenters. The van der Waals surface area contributed by atoms with Gasteiger partial charge in [-0.3, -0.25) is 0 Å². The van der Waals surface area contributed by atoms with Crippen molar-refractivity contribution in [3.05, 3.63) is 29.3 Å². The third-order valence-electron chi connectivity index (χ3n) is 1.63. The van der Waals surface area contributed by atoms with Gasteiger partial charge in [0, 0.05) is 0 Å². The summed E-state index contributed by atoms with van der Waals surface area (Å²) < 4.78 is 65.2. The monoisotopic (exact) mass is 256 g/mol. The minimum absolute atomic E-state index is 0.372. The van der Waals surface area contributed by atoms with E-state index >= 15 is 0 Å². The number of halogens is 5. The normalized spacial score (nSPS) is 11.4. The van der Waals surface area contributed by atoms with Crippen LogP contribution in [0, 0.1) is 11.6 Å². The summed E-state index contributed by atoms with van der Waals surface area (Å²) in [5, 5.41) is 8.43. The Morgan fingerprint density at radius 3 is 2.06 bits per heavy atom. The summed E-state index contributed by atoms with van der Waals surface area (Å²) in [7, 11) is 0. The Hall–Kier alpha value is -1.86. The molecular formula is C9H5F5O3. The fourth-order valence-corrected chi connectivity index (χ4v) is 0.975. The standard InChI is InChI=1S/C9H5F5O3/c10-5-1-4(8(15)16)2-6(11)7(5)17-3-9(12,13)14/h1-2H,3H2,(H,15,16). The summed E-state index contributed by atoms with van der Waals surface area (Å²) in [4.78, 5) is 10.4. The largest absolute Gasteiger partial charge is 0.478 e. The first-order valence-corrected chi connectivity index (χ1v) is 4.12. The summed E-state index contributed by atoms with van der Waals surface area (Å²) in [5.41, 5.74) is -0.723. The molecule has 0 heterocycles. The molecule has 0 amide bonds. The Labute approximate surface area is 91.4 Å². The van der Waals surface area contributed by atoms with Crippen molar-refractivity contribution in [2.75, 3.05) is 6.61 Å². The zero-order valence-electron chi connectivity index (χ0n) is 8.02. The zero-order chi connectivity index (χ0) is 13.2. The van der Waals surface area contributed by atoms with Crippen LogP contribution in [0.2, 0.25) is 0 Å². The fraction of sp³-hybridized carbons (Fsp3) is 0.222. The van der Waals surface area contributed by atoms with Crippen LogP contribution in [-0.2, 0) is 0 Å². The van der Waals surface area contributed by atoms with E-state index in [2.05, 4.69) is 4.74 Å². The van der Waals surface area contributed by atoms with Gasteiger partial charge < -0.3 is 9.84 Å². The van der Waals surface area contributed by atoms with Gasteiger partial charge >= 0.3 is 12.1 Å². The van der Waals surface area contributed by atoms with E-state index in [0.717, 1.165) is 0 Å². The number of benzene rings is 1. The summed E-state index contributed by atoms with van der Waals surface area (Å²) in [6.45, 7) is -1.87. The minimum atomic E-state index is -4.75. The zero-order valence-corrected chi connectivity index (χ0v) is 8.02. The molecule has 1 aromatic carbocycles. The molecule has 17 heavy (non-hydrogen) atoms. The van der Waals surface area contributed by atoms with Crippen LogP contribution in [0.4, 0.5) is 22.0 Å². The summed E-state index contributed by atoms with van der Waals surface area (Å²) >= 11 is 0. The molecule has 1 N–H and O–H groups in total. The van der Waals surface area contributed by atoms with E-state index in [0.29, 0.717) is 12.1 Å². The lowest BCUT2D eigenvalue weighted by molar-refractivity contribution is -0.154. The van der Waals surface area contributed by atoms with Gasteiger partial charge in [0.15, 0.2) is 24.0 Å². The van der Waals surface area contributed by atoms with Crippen molar-refractivity contribution in [2.24, 2.45) is 0 Å². The molecule has 94 valence electrons. The van der Waals surface area contributed by atoms with Crippen LogP contribution in [0.5, 0.6) is 5.75 Å². The van der Waals surface area contributed by atoms with Crippen LogP contribution in [0.3, 0.4) is 0 Å². The number of alkyl halides is 3. The van der Waals surface area contributed by atoms with Crippen LogP contribution in [0.1, 0.15) is 10.4 Å². The van der Waals surface area contributed by atoms with Crippen LogP contribution < -0.4 is 4.74 Å². The van der Waals surface area contributed by atoms with Gasteiger partial charge in [0.25, 0.3) is 0 Å². The first-order chi connectivity index (χ1) is 7.70. The number of hydrogen-bond acceptors (Lipinski definition) is 2. The molecule has 1 aromatic rings.